The monoisotopic (exact) mass is 207 g/mol. The second-order valence-electron chi connectivity index (χ2n) is 4.13. The Morgan fingerprint density at radius 2 is 2.14 bits per heavy atom. The Morgan fingerprint density at radius 3 is 2.57 bits per heavy atom. The highest BCUT2D eigenvalue weighted by atomic mass is 19.4. The first-order chi connectivity index (χ1) is 6.46. The minimum atomic E-state index is -4.11. The van der Waals surface area contributed by atoms with Crippen LogP contribution in [0.25, 0.3) is 0 Å². The molecule has 3 aliphatic heterocycles. The molecule has 3 heterocycles. The summed E-state index contributed by atoms with van der Waals surface area (Å²) in [5.41, 5.74) is 0. The summed E-state index contributed by atoms with van der Waals surface area (Å²) in [6, 6.07) is -0.452. The van der Waals surface area contributed by atoms with Gasteiger partial charge in [0.15, 0.2) is 0 Å². The van der Waals surface area contributed by atoms with Crippen LogP contribution in [-0.2, 0) is 4.79 Å². The lowest BCUT2D eigenvalue weighted by Crippen LogP contribution is -2.54. The highest BCUT2D eigenvalue weighted by molar-refractivity contribution is 5.84. The molecule has 3 saturated heterocycles. The van der Waals surface area contributed by atoms with Crippen molar-refractivity contribution in [2.45, 2.75) is 31.5 Å². The summed E-state index contributed by atoms with van der Waals surface area (Å²) in [5, 5.41) is 0. The molecule has 0 saturated carbocycles. The van der Waals surface area contributed by atoms with Gasteiger partial charge in [-0.1, -0.05) is 0 Å². The van der Waals surface area contributed by atoms with Crippen molar-refractivity contribution in [2.75, 3.05) is 13.1 Å². The average molecular weight is 207 g/mol. The van der Waals surface area contributed by atoms with Crippen molar-refractivity contribution in [1.29, 1.82) is 0 Å². The summed E-state index contributed by atoms with van der Waals surface area (Å²) in [5.74, 6) is 0.0158. The van der Waals surface area contributed by atoms with Crippen LogP contribution in [-0.4, -0.2) is 36.0 Å². The number of ketones is 1. The number of Topliss-reactive ketones (excluding diaryl/α,β-unsaturated/α-hetero) is 1. The molecule has 0 N–H and O–H groups in total. The van der Waals surface area contributed by atoms with E-state index in [-0.39, 0.29) is 18.2 Å². The molecule has 0 aliphatic carbocycles. The van der Waals surface area contributed by atoms with Gasteiger partial charge in [0.05, 0.1) is 13.0 Å². The molecule has 3 unspecified atom stereocenters. The van der Waals surface area contributed by atoms with Gasteiger partial charge in [0.1, 0.15) is 5.78 Å². The van der Waals surface area contributed by atoms with Crippen molar-refractivity contribution >= 4 is 5.78 Å². The van der Waals surface area contributed by atoms with Gasteiger partial charge < -0.3 is 0 Å². The van der Waals surface area contributed by atoms with E-state index in [9.17, 15) is 18.0 Å². The molecule has 0 amide bonds. The lowest BCUT2D eigenvalue weighted by molar-refractivity contribution is -0.161. The highest BCUT2D eigenvalue weighted by Crippen LogP contribution is 2.35. The van der Waals surface area contributed by atoms with Crippen LogP contribution in [0.3, 0.4) is 0 Å². The number of piperidine rings is 3. The maximum atomic E-state index is 12.2. The van der Waals surface area contributed by atoms with E-state index in [1.54, 1.807) is 4.90 Å². The molecular formula is C9H12F3NO. The largest absolute Gasteiger partial charge is 0.390 e. The smallest absolute Gasteiger partial charge is 0.298 e. The molecule has 3 rings (SSSR count). The SMILES string of the molecule is O=C1CN2CCC1CC2CC(F)(F)F. The summed E-state index contributed by atoms with van der Waals surface area (Å²) in [7, 11) is 0. The average Bonchev–Trinajstić information content (AvgIpc) is 2.04. The Balaban J connectivity index is 2.00. The molecular weight excluding hydrogens is 195 g/mol. The normalized spacial score (nSPS) is 37.6. The molecule has 3 atom stereocenters. The standard InChI is InChI=1S/C9H12F3NO/c10-9(11,12)4-7-3-6-1-2-13(7)5-8(6)14/h6-7H,1-5H2. The van der Waals surface area contributed by atoms with Gasteiger partial charge in [-0.25, -0.2) is 0 Å². The first kappa shape index (κ1) is 9.96. The molecule has 3 aliphatic rings. The van der Waals surface area contributed by atoms with Gasteiger partial charge in [0.2, 0.25) is 0 Å². The molecule has 2 bridgehead atoms. The molecule has 5 heteroatoms. The molecule has 0 radical (unpaired) electrons. The van der Waals surface area contributed by atoms with E-state index >= 15 is 0 Å². The minimum Gasteiger partial charge on any atom is -0.298 e. The Morgan fingerprint density at radius 1 is 1.43 bits per heavy atom. The van der Waals surface area contributed by atoms with Crippen LogP contribution in [0.2, 0.25) is 0 Å². The number of rotatable bonds is 1. The van der Waals surface area contributed by atoms with Gasteiger partial charge in [0, 0.05) is 12.0 Å². The summed E-state index contributed by atoms with van der Waals surface area (Å²) in [6.07, 6.45) is -3.73. The first-order valence-electron chi connectivity index (χ1n) is 4.79. The van der Waals surface area contributed by atoms with Crippen LogP contribution >= 0.6 is 0 Å². The Bertz CT molecular complexity index is 251. The number of hydrogen-bond acceptors (Lipinski definition) is 2. The maximum Gasteiger partial charge on any atom is 0.390 e. The Hall–Kier alpha value is -0.580. The number of hydrogen-bond donors (Lipinski definition) is 0. The summed E-state index contributed by atoms with van der Waals surface area (Å²) in [4.78, 5) is 12.9. The number of carbonyl (C=O) groups excluding carboxylic acids is 1. The third-order valence-corrected chi connectivity index (χ3v) is 3.12. The third-order valence-electron chi connectivity index (χ3n) is 3.12. The lowest BCUT2D eigenvalue weighted by atomic mass is 9.81. The lowest BCUT2D eigenvalue weighted by Gasteiger charge is -2.44. The van der Waals surface area contributed by atoms with Gasteiger partial charge in [0.25, 0.3) is 0 Å². The quantitative estimate of drug-likeness (QED) is 0.651. The van der Waals surface area contributed by atoms with E-state index in [0.717, 1.165) is 6.42 Å². The van der Waals surface area contributed by atoms with E-state index in [1.165, 1.54) is 0 Å². The van der Waals surface area contributed by atoms with Gasteiger partial charge in [-0.15, -0.1) is 0 Å². The number of alkyl halides is 3. The van der Waals surface area contributed by atoms with Crippen molar-refractivity contribution in [3.8, 4) is 0 Å². The van der Waals surface area contributed by atoms with Crippen LogP contribution in [0.1, 0.15) is 19.3 Å². The van der Waals surface area contributed by atoms with Crippen LogP contribution in [0.15, 0.2) is 0 Å². The van der Waals surface area contributed by atoms with Gasteiger partial charge in [-0.3, -0.25) is 9.69 Å². The highest BCUT2D eigenvalue weighted by Gasteiger charge is 2.43. The van der Waals surface area contributed by atoms with E-state index in [2.05, 4.69) is 0 Å². The number of carbonyl (C=O) groups is 1. The zero-order chi connectivity index (χ0) is 10.3. The number of nitrogens with zero attached hydrogens (tertiary/aromatic N) is 1. The maximum absolute atomic E-state index is 12.2. The van der Waals surface area contributed by atoms with Gasteiger partial charge >= 0.3 is 6.18 Å². The molecule has 80 valence electrons. The molecule has 0 aromatic carbocycles. The Kier molecular flexibility index (Phi) is 2.29. The van der Waals surface area contributed by atoms with E-state index in [0.29, 0.717) is 13.0 Å². The minimum absolute atomic E-state index is 0.104. The topological polar surface area (TPSA) is 20.3 Å². The second kappa shape index (κ2) is 3.22. The summed E-state index contributed by atoms with van der Waals surface area (Å²) >= 11 is 0. The second-order valence-corrected chi connectivity index (χ2v) is 4.13. The van der Waals surface area contributed by atoms with E-state index < -0.39 is 18.6 Å². The number of halogens is 3. The van der Waals surface area contributed by atoms with Crippen LogP contribution in [0.4, 0.5) is 13.2 Å². The fourth-order valence-electron chi connectivity index (χ4n) is 2.41. The van der Waals surface area contributed by atoms with Crippen molar-refractivity contribution < 1.29 is 18.0 Å². The fourth-order valence-corrected chi connectivity index (χ4v) is 2.41. The van der Waals surface area contributed by atoms with E-state index in [4.69, 9.17) is 0 Å². The molecule has 0 aromatic rings. The van der Waals surface area contributed by atoms with Crippen LogP contribution in [0, 0.1) is 5.92 Å². The first-order valence-corrected chi connectivity index (χ1v) is 4.79. The molecule has 0 spiro atoms. The van der Waals surface area contributed by atoms with Crippen LogP contribution < -0.4 is 0 Å². The Labute approximate surface area is 80.1 Å². The van der Waals surface area contributed by atoms with Crippen molar-refractivity contribution in [3.63, 3.8) is 0 Å². The van der Waals surface area contributed by atoms with Crippen molar-refractivity contribution in [1.82, 2.24) is 4.90 Å². The molecule has 3 fully saturated rings. The zero-order valence-corrected chi connectivity index (χ0v) is 7.68. The number of fused-ring (bicyclic) bond motifs is 3. The predicted octanol–water partition coefficient (Wildman–Crippen LogP) is 1.60. The molecule has 14 heavy (non-hydrogen) atoms. The summed E-state index contributed by atoms with van der Waals surface area (Å²) < 4.78 is 36.5. The fraction of sp³-hybridized carbons (Fsp3) is 0.889. The summed E-state index contributed by atoms with van der Waals surface area (Å²) in [6.45, 7) is 0.878. The third kappa shape index (κ3) is 1.92. The van der Waals surface area contributed by atoms with Crippen molar-refractivity contribution in [3.05, 3.63) is 0 Å². The zero-order valence-electron chi connectivity index (χ0n) is 7.68. The van der Waals surface area contributed by atoms with E-state index in [1.807, 2.05) is 0 Å². The van der Waals surface area contributed by atoms with Crippen molar-refractivity contribution in [2.24, 2.45) is 5.92 Å². The molecule has 2 nitrogen and oxygen atoms in total. The predicted molar refractivity (Wildman–Crippen MR) is 43.8 cm³/mol. The molecule has 0 aromatic heterocycles. The van der Waals surface area contributed by atoms with Gasteiger partial charge in [-0.2, -0.15) is 13.2 Å². The van der Waals surface area contributed by atoms with Gasteiger partial charge in [-0.05, 0) is 19.4 Å². The van der Waals surface area contributed by atoms with Crippen LogP contribution in [0.5, 0.6) is 0 Å².